The summed E-state index contributed by atoms with van der Waals surface area (Å²) in [6.45, 7) is 3.30. The second-order valence-corrected chi connectivity index (χ2v) is 7.75. The van der Waals surface area contributed by atoms with E-state index in [4.69, 9.17) is 9.47 Å². The van der Waals surface area contributed by atoms with Crippen LogP contribution in [0.2, 0.25) is 0 Å². The van der Waals surface area contributed by atoms with Crippen molar-refractivity contribution in [1.29, 1.82) is 0 Å². The molecule has 25 heavy (non-hydrogen) atoms. The molecule has 1 aliphatic rings. The lowest BCUT2D eigenvalue weighted by molar-refractivity contribution is 0.0730. The van der Waals surface area contributed by atoms with Gasteiger partial charge in [0.2, 0.25) is 10.0 Å². The maximum absolute atomic E-state index is 14.0. The van der Waals surface area contributed by atoms with Gasteiger partial charge in [0.15, 0.2) is 0 Å². The number of methoxy groups -OCH3 is 1. The fourth-order valence-corrected chi connectivity index (χ4v) is 3.88. The highest BCUT2D eigenvalue weighted by Gasteiger charge is 2.28. The van der Waals surface area contributed by atoms with Crippen molar-refractivity contribution in [2.45, 2.75) is 24.3 Å². The molecular formula is C16H23FN2O5S. The number of carbonyl (C=O) groups is 1. The van der Waals surface area contributed by atoms with Crippen molar-refractivity contribution in [3.05, 3.63) is 29.6 Å². The molecule has 1 aromatic carbocycles. The number of hydrogen-bond acceptors (Lipinski definition) is 5. The molecule has 1 N–H and O–H groups in total. The number of benzene rings is 1. The van der Waals surface area contributed by atoms with Gasteiger partial charge in [-0.25, -0.2) is 12.8 Å². The summed E-state index contributed by atoms with van der Waals surface area (Å²) in [6.07, 6.45) is 0.565. The van der Waals surface area contributed by atoms with Gasteiger partial charge in [-0.2, -0.15) is 4.31 Å². The quantitative estimate of drug-likeness (QED) is 0.770. The molecule has 9 heteroatoms. The number of halogens is 1. The first-order valence-electron chi connectivity index (χ1n) is 8.03. The van der Waals surface area contributed by atoms with Gasteiger partial charge in [-0.3, -0.25) is 4.79 Å². The molecule has 140 valence electrons. The van der Waals surface area contributed by atoms with Gasteiger partial charge in [-0.15, -0.1) is 0 Å². The van der Waals surface area contributed by atoms with E-state index in [0.717, 1.165) is 12.1 Å². The number of carbonyl (C=O) groups excluding carboxylic acids is 1. The minimum Gasteiger partial charge on any atom is -0.385 e. The van der Waals surface area contributed by atoms with Crippen LogP contribution in [0.4, 0.5) is 4.39 Å². The van der Waals surface area contributed by atoms with Crippen LogP contribution in [0.1, 0.15) is 23.7 Å². The summed E-state index contributed by atoms with van der Waals surface area (Å²) in [6, 6.07) is 3.03. The molecule has 0 radical (unpaired) electrons. The third-order valence-electron chi connectivity index (χ3n) is 3.92. The molecule has 1 saturated heterocycles. The van der Waals surface area contributed by atoms with Crippen molar-refractivity contribution in [3.63, 3.8) is 0 Å². The average Bonchev–Trinajstić information content (AvgIpc) is 2.60. The fourth-order valence-electron chi connectivity index (χ4n) is 2.44. The largest absolute Gasteiger partial charge is 0.385 e. The molecule has 1 fully saturated rings. The monoisotopic (exact) mass is 374 g/mol. The zero-order valence-electron chi connectivity index (χ0n) is 14.3. The molecule has 7 nitrogen and oxygen atoms in total. The third kappa shape index (κ3) is 4.97. The summed E-state index contributed by atoms with van der Waals surface area (Å²) < 4.78 is 50.7. The molecule has 0 aromatic heterocycles. The van der Waals surface area contributed by atoms with Crippen LogP contribution in [-0.4, -0.2) is 64.7 Å². The van der Waals surface area contributed by atoms with Crippen LogP contribution in [0.25, 0.3) is 0 Å². The molecule has 1 amide bonds. The topological polar surface area (TPSA) is 84.9 Å². The van der Waals surface area contributed by atoms with Crippen LogP contribution in [0.5, 0.6) is 0 Å². The van der Waals surface area contributed by atoms with E-state index in [-0.39, 0.29) is 29.6 Å². The van der Waals surface area contributed by atoms with Gasteiger partial charge in [-0.05, 0) is 31.5 Å². The Morgan fingerprint density at radius 2 is 2.08 bits per heavy atom. The third-order valence-corrected chi connectivity index (χ3v) is 5.82. The predicted octanol–water partition coefficient (Wildman–Crippen LogP) is 1.00. The summed E-state index contributed by atoms with van der Waals surface area (Å²) in [5.74, 6) is -1.42. The number of hydrogen-bond donors (Lipinski definition) is 1. The second kappa shape index (κ2) is 8.70. The first kappa shape index (κ1) is 19.8. The minimum absolute atomic E-state index is 0.106. The Kier molecular flexibility index (Phi) is 6.88. The molecule has 1 heterocycles. The van der Waals surface area contributed by atoms with Gasteiger partial charge in [0.1, 0.15) is 5.82 Å². The van der Waals surface area contributed by atoms with E-state index in [1.807, 2.05) is 0 Å². The molecule has 0 aliphatic carbocycles. The Bertz CT molecular complexity index is 704. The highest BCUT2D eigenvalue weighted by molar-refractivity contribution is 7.89. The Morgan fingerprint density at radius 1 is 1.40 bits per heavy atom. The van der Waals surface area contributed by atoms with Gasteiger partial charge >= 0.3 is 0 Å². The summed E-state index contributed by atoms with van der Waals surface area (Å²) in [5.41, 5.74) is -0.293. The molecule has 1 atom stereocenters. The maximum Gasteiger partial charge on any atom is 0.254 e. The number of sulfonamides is 1. The summed E-state index contributed by atoms with van der Waals surface area (Å²) in [4.78, 5) is 12.2. The lowest BCUT2D eigenvalue weighted by Gasteiger charge is -2.26. The average molecular weight is 374 g/mol. The number of rotatable bonds is 7. The van der Waals surface area contributed by atoms with Crippen LogP contribution in [0.15, 0.2) is 23.1 Å². The Labute approximate surface area is 147 Å². The molecular weight excluding hydrogens is 351 g/mol. The number of nitrogens with one attached hydrogen (secondary N) is 1. The molecule has 1 aliphatic heterocycles. The molecule has 2 rings (SSSR count). The van der Waals surface area contributed by atoms with Gasteiger partial charge in [0, 0.05) is 32.8 Å². The van der Waals surface area contributed by atoms with Crippen molar-refractivity contribution in [1.82, 2.24) is 9.62 Å². The van der Waals surface area contributed by atoms with E-state index >= 15 is 0 Å². The molecule has 0 spiro atoms. The van der Waals surface area contributed by atoms with Crippen molar-refractivity contribution < 1.29 is 27.1 Å². The number of ether oxygens (including phenoxy) is 2. The highest BCUT2D eigenvalue weighted by atomic mass is 32.2. The smallest absolute Gasteiger partial charge is 0.254 e. The predicted molar refractivity (Wildman–Crippen MR) is 89.4 cm³/mol. The van der Waals surface area contributed by atoms with Gasteiger partial charge in [-0.1, -0.05) is 0 Å². The summed E-state index contributed by atoms with van der Waals surface area (Å²) >= 11 is 0. The van der Waals surface area contributed by atoms with Gasteiger partial charge < -0.3 is 14.8 Å². The first-order valence-corrected chi connectivity index (χ1v) is 9.47. The van der Waals surface area contributed by atoms with Crippen molar-refractivity contribution in [2.75, 3.05) is 40.0 Å². The normalized spacial score (nSPS) is 17.2. The van der Waals surface area contributed by atoms with Crippen LogP contribution in [0, 0.1) is 5.82 Å². The van der Waals surface area contributed by atoms with Gasteiger partial charge in [0.05, 0.1) is 23.7 Å². The molecule has 0 saturated carbocycles. The minimum atomic E-state index is -3.79. The van der Waals surface area contributed by atoms with Crippen molar-refractivity contribution >= 4 is 15.9 Å². The fraction of sp³-hybridized carbons (Fsp3) is 0.562. The maximum atomic E-state index is 14.0. The van der Waals surface area contributed by atoms with Crippen LogP contribution >= 0.6 is 0 Å². The lowest BCUT2D eigenvalue weighted by atomic mass is 10.1. The van der Waals surface area contributed by atoms with Crippen LogP contribution < -0.4 is 5.32 Å². The van der Waals surface area contributed by atoms with E-state index < -0.39 is 21.7 Å². The van der Waals surface area contributed by atoms with Gasteiger partial charge in [0.25, 0.3) is 5.91 Å². The molecule has 0 bridgehead atoms. The zero-order valence-corrected chi connectivity index (χ0v) is 15.1. The standard InChI is InChI=1S/C16H23FN2O5S/c1-12(5-8-23-2)18-16(20)14-11-13(3-4-15(14)17)25(21,22)19-6-9-24-10-7-19/h3-4,11-12H,5-10H2,1-2H3,(H,18,20). The Morgan fingerprint density at radius 3 is 2.72 bits per heavy atom. The number of morpholine rings is 1. The van der Waals surface area contributed by atoms with Crippen LogP contribution in [-0.2, 0) is 19.5 Å². The summed E-state index contributed by atoms with van der Waals surface area (Å²) in [5, 5.41) is 2.64. The number of nitrogens with zero attached hydrogens (tertiary/aromatic N) is 1. The Hall–Kier alpha value is -1.55. The SMILES string of the molecule is COCCC(C)NC(=O)c1cc(S(=O)(=O)N2CCOCC2)ccc1F. The molecule has 1 unspecified atom stereocenters. The van der Waals surface area contributed by atoms with E-state index in [9.17, 15) is 17.6 Å². The second-order valence-electron chi connectivity index (χ2n) is 5.81. The lowest BCUT2D eigenvalue weighted by Crippen LogP contribution is -2.40. The highest BCUT2D eigenvalue weighted by Crippen LogP contribution is 2.20. The van der Waals surface area contributed by atoms with E-state index in [0.29, 0.717) is 26.2 Å². The number of amides is 1. The van der Waals surface area contributed by atoms with E-state index in [1.54, 1.807) is 14.0 Å². The zero-order chi connectivity index (χ0) is 18.4. The first-order chi connectivity index (χ1) is 11.9. The summed E-state index contributed by atoms with van der Waals surface area (Å²) in [7, 11) is -2.24. The molecule has 1 aromatic rings. The van der Waals surface area contributed by atoms with Crippen LogP contribution in [0.3, 0.4) is 0 Å². The van der Waals surface area contributed by atoms with Crippen molar-refractivity contribution in [2.24, 2.45) is 0 Å². The van der Waals surface area contributed by atoms with E-state index in [2.05, 4.69) is 5.32 Å². The van der Waals surface area contributed by atoms with E-state index in [1.165, 1.54) is 10.4 Å². The van der Waals surface area contributed by atoms with Crippen molar-refractivity contribution in [3.8, 4) is 0 Å². The Balaban J connectivity index is 2.20.